The number of H-pyrrole nitrogens is 1. The predicted octanol–water partition coefficient (Wildman–Crippen LogP) is 4.80. The van der Waals surface area contributed by atoms with Gasteiger partial charge in [-0.1, -0.05) is 45.9 Å². The Morgan fingerprint density at radius 2 is 1.77 bits per heavy atom. The maximum atomic E-state index is 12.1. The van der Waals surface area contributed by atoms with Crippen LogP contribution in [0.25, 0.3) is 22.0 Å². The van der Waals surface area contributed by atoms with E-state index < -0.39 is 0 Å². The van der Waals surface area contributed by atoms with E-state index >= 15 is 0 Å². The minimum absolute atomic E-state index is 0.00683. The molecule has 1 aromatic heterocycles. The third kappa shape index (κ3) is 3.26. The lowest BCUT2D eigenvalue weighted by molar-refractivity contribution is -0.183. The summed E-state index contributed by atoms with van der Waals surface area (Å²) in [5.74, 6) is 0.576. The van der Waals surface area contributed by atoms with Crippen LogP contribution < -0.4 is 10.5 Å². The number of hydrogen-bond acceptors (Lipinski definition) is 4. The summed E-state index contributed by atoms with van der Waals surface area (Å²) in [5, 5.41) is 17.8. The number of aromatic nitrogens is 2. The molecule has 162 valence electrons. The molecule has 1 aliphatic rings. The smallest absolute Gasteiger partial charge is 0.244 e. The SMILES string of the molecule is CC=C(C(N)=O)C1C(C)(C)C(Oc2cc(-c3ccc(O)cc3)cc3[nH]ncc23)C1(C)C. The van der Waals surface area contributed by atoms with Gasteiger partial charge < -0.3 is 15.6 Å². The minimum Gasteiger partial charge on any atom is -0.508 e. The normalized spacial score (nSPS) is 22.2. The molecule has 3 aromatic rings. The molecule has 1 saturated carbocycles. The van der Waals surface area contributed by atoms with E-state index in [0.29, 0.717) is 5.57 Å². The molecule has 6 nitrogen and oxygen atoms in total. The lowest BCUT2D eigenvalue weighted by atomic mass is 9.43. The molecule has 1 amide bonds. The third-order valence-electron chi connectivity index (χ3n) is 6.71. The van der Waals surface area contributed by atoms with Crippen LogP contribution in [0, 0.1) is 16.7 Å². The van der Waals surface area contributed by atoms with Crippen molar-refractivity contribution in [1.82, 2.24) is 10.2 Å². The molecule has 0 unspecified atom stereocenters. The van der Waals surface area contributed by atoms with Gasteiger partial charge in [-0.25, -0.2) is 0 Å². The number of ether oxygens (including phenoxy) is 1. The number of phenolic OH excluding ortho intramolecular Hbond substituents is 1. The first-order chi connectivity index (χ1) is 14.6. The van der Waals surface area contributed by atoms with Crippen LogP contribution in [-0.4, -0.2) is 27.3 Å². The molecule has 6 heteroatoms. The van der Waals surface area contributed by atoms with Crippen LogP contribution in [-0.2, 0) is 4.79 Å². The average molecular weight is 420 g/mol. The Hall–Kier alpha value is -3.28. The highest BCUT2D eigenvalue weighted by Crippen LogP contribution is 2.63. The van der Waals surface area contributed by atoms with Crippen molar-refractivity contribution in [2.24, 2.45) is 22.5 Å². The van der Waals surface area contributed by atoms with Crippen LogP contribution in [0.5, 0.6) is 11.5 Å². The summed E-state index contributed by atoms with van der Waals surface area (Å²) in [4.78, 5) is 12.1. The van der Waals surface area contributed by atoms with Crippen LogP contribution in [0.3, 0.4) is 0 Å². The Kier molecular flexibility index (Phi) is 4.84. The number of hydrogen-bond donors (Lipinski definition) is 3. The molecule has 31 heavy (non-hydrogen) atoms. The molecule has 0 atom stereocenters. The van der Waals surface area contributed by atoms with Crippen LogP contribution >= 0.6 is 0 Å². The van der Waals surface area contributed by atoms with Crippen molar-refractivity contribution >= 4 is 16.8 Å². The van der Waals surface area contributed by atoms with Crippen LogP contribution in [0.1, 0.15) is 34.6 Å². The molecule has 1 fully saturated rings. The molecule has 0 aliphatic heterocycles. The molecule has 1 heterocycles. The van der Waals surface area contributed by atoms with E-state index in [1.807, 2.05) is 37.3 Å². The second-order valence-corrected chi connectivity index (χ2v) is 9.53. The van der Waals surface area contributed by atoms with Crippen LogP contribution in [0.4, 0.5) is 0 Å². The minimum atomic E-state index is -0.376. The zero-order valence-corrected chi connectivity index (χ0v) is 18.6. The van der Waals surface area contributed by atoms with Gasteiger partial charge in [0.25, 0.3) is 0 Å². The van der Waals surface area contributed by atoms with E-state index in [1.165, 1.54) is 0 Å². The quantitative estimate of drug-likeness (QED) is 0.517. The van der Waals surface area contributed by atoms with Crippen molar-refractivity contribution in [3.8, 4) is 22.6 Å². The number of amides is 1. The van der Waals surface area contributed by atoms with Gasteiger partial charge in [0.1, 0.15) is 17.6 Å². The number of carbonyl (C=O) groups excluding carboxylic acids is 1. The Balaban J connectivity index is 1.74. The number of primary amides is 1. The molecular weight excluding hydrogens is 390 g/mol. The highest BCUT2D eigenvalue weighted by molar-refractivity contribution is 5.93. The molecule has 2 aromatic carbocycles. The highest BCUT2D eigenvalue weighted by atomic mass is 16.5. The summed E-state index contributed by atoms with van der Waals surface area (Å²) in [6.07, 6.45) is 3.46. The Morgan fingerprint density at radius 3 is 2.35 bits per heavy atom. The van der Waals surface area contributed by atoms with Gasteiger partial charge in [-0.05, 0) is 42.3 Å². The van der Waals surface area contributed by atoms with Crippen molar-refractivity contribution in [3.63, 3.8) is 0 Å². The van der Waals surface area contributed by atoms with Gasteiger partial charge in [-0.15, -0.1) is 0 Å². The Bertz CT molecular complexity index is 1160. The number of carbonyl (C=O) groups is 1. The molecule has 1 aliphatic carbocycles. The number of phenols is 1. The number of aromatic hydroxyl groups is 1. The summed E-state index contributed by atoms with van der Waals surface area (Å²) in [7, 11) is 0. The second kappa shape index (κ2) is 7.15. The van der Waals surface area contributed by atoms with Gasteiger partial charge in [-0.3, -0.25) is 9.89 Å². The lowest BCUT2D eigenvalue weighted by Crippen LogP contribution is -2.67. The van der Waals surface area contributed by atoms with Gasteiger partial charge >= 0.3 is 0 Å². The molecular formula is C25H29N3O3. The van der Waals surface area contributed by atoms with Crippen molar-refractivity contribution in [2.75, 3.05) is 0 Å². The fourth-order valence-electron chi connectivity index (χ4n) is 5.74. The first-order valence-electron chi connectivity index (χ1n) is 10.5. The third-order valence-corrected chi connectivity index (χ3v) is 6.71. The number of nitrogens with two attached hydrogens (primary N) is 1. The van der Waals surface area contributed by atoms with E-state index in [4.69, 9.17) is 10.5 Å². The van der Waals surface area contributed by atoms with Gasteiger partial charge in [-0.2, -0.15) is 5.10 Å². The van der Waals surface area contributed by atoms with Crippen molar-refractivity contribution in [2.45, 2.75) is 40.7 Å². The maximum Gasteiger partial charge on any atom is 0.244 e. The summed E-state index contributed by atoms with van der Waals surface area (Å²) >= 11 is 0. The van der Waals surface area contributed by atoms with Crippen molar-refractivity contribution in [3.05, 3.63) is 54.2 Å². The average Bonchev–Trinajstić information content (AvgIpc) is 3.18. The molecule has 0 radical (unpaired) electrons. The Morgan fingerprint density at radius 1 is 1.13 bits per heavy atom. The topological polar surface area (TPSA) is 101 Å². The first-order valence-corrected chi connectivity index (χ1v) is 10.5. The number of aromatic amines is 1. The van der Waals surface area contributed by atoms with Gasteiger partial charge in [0, 0.05) is 22.3 Å². The molecule has 0 saturated heterocycles. The molecule has 0 bridgehead atoms. The number of fused-ring (bicyclic) bond motifs is 1. The van der Waals surface area contributed by atoms with E-state index in [9.17, 15) is 9.90 Å². The van der Waals surface area contributed by atoms with E-state index in [0.717, 1.165) is 27.8 Å². The number of nitrogens with zero attached hydrogens (tertiary/aromatic N) is 1. The summed E-state index contributed by atoms with van der Waals surface area (Å²) in [6, 6.07) is 11.1. The van der Waals surface area contributed by atoms with Gasteiger partial charge in [0.15, 0.2) is 0 Å². The van der Waals surface area contributed by atoms with Crippen molar-refractivity contribution in [1.29, 1.82) is 0 Å². The lowest BCUT2D eigenvalue weighted by Gasteiger charge is -2.63. The summed E-state index contributed by atoms with van der Waals surface area (Å²) < 4.78 is 6.65. The zero-order valence-electron chi connectivity index (χ0n) is 18.6. The number of rotatable bonds is 5. The number of nitrogens with one attached hydrogen (secondary N) is 1. The zero-order chi connectivity index (χ0) is 22.6. The standard InChI is InChI=1S/C25H29N3O3/c1-6-17(22(26)30)21-24(2,3)23(25(21,4)5)31-20-12-15(11-19-18(20)13-27-28-19)14-7-9-16(29)10-8-14/h6-13,21,23,29H,1-5H3,(H2,26,30)(H,27,28). The maximum absolute atomic E-state index is 12.1. The van der Waals surface area contributed by atoms with Gasteiger partial charge in [0.05, 0.1) is 17.1 Å². The largest absolute Gasteiger partial charge is 0.508 e. The van der Waals surface area contributed by atoms with Crippen LogP contribution in [0.2, 0.25) is 0 Å². The summed E-state index contributed by atoms with van der Waals surface area (Å²) in [6.45, 7) is 10.3. The van der Waals surface area contributed by atoms with Gasteiger partial charge in [0.2, 0.25) is 5.91 Å². The Labute approximate surface area is 182 Å². The number of allylic oxidation sites excluding steroid dienone is 1. The fraction of sp³-hybridized carbons (Fsp3) is 0.360. The van der Waals surface area contributed by atoms with E-state index in [1.54, 1.807) is 18.3 Å². The molecule has 4 N–H and O–H groups in total. The molecule has 0 spiro atoms. The fourth-order valence-corrected chi connectivity index (χ4v) is 5.74. The van der Waals surface area contributed by atoms with Crippen molar-refractivity contribution < 1.29 is 14.6 Å². The highest BCUT2D eigenvalue weighted by Gasteiger charge is 2.65. The summed E-state index contributed by atoms with van der Waals surface area (Å²) in [5.41, 5.74) is 8.56. The first kappa shape index (κ1) is 21.0. The van der Waals surface area contributed by atoms with E-state index in [-0.39, 0.29) is 34.5 Å². The van der Waals surface area contributed by atoms with Crippen LogP contribution in [0.15, 0.2) is 54.2 Å². The second-order valence-electron chi connectivity index (χ2n) is 9.53. The monoisotopic (exact) mass is 419 g/mol. The van der Waals surface area contributed by atoms with E-state index in [2.05, 4.69) is 37.9 Å². The number of benzene rings is 2. The predicted molar refractivity (Wildman–Crippen MR) is 122 cm³/mol. The molecule has 4 rings (SSSR count).